The fraction of sp³-hybridized carbons (Fsp3) is 0.567. The first kappa shape index (κ1) is 24.9. The van der Waals surface area contributed by atoms with Gasteiger partial charge in [0.25, 0.3) is 0 Å². The molecule has 6 heteroatoms. The van der Waals surface area contributed by atoms with E-state index in [1.165, 1.54) is 54.4 Å². The van der Waals surface area contributed by atoms with Crippen LogP contribution < -0.4 is 0 Å². The lowest BCUT2D eigenvalue weighted by Gasteiger charge is -2.40. The van der Waals surface area contributed by atoms with Gasteiger partial charge in [0.05, 0.1) is 11.4 Å². The van der Waals surface area contributed by atoms with Gasteiger partial charge in [-0.3, -0.25) is 9.69 Å². The van der Waals surface area contributed by atoms with E-state index in [0.717, 1.165) is 66.8 Å². The van der Waals surface area contributed by atoms with Crippen molar-refractivity contribution in [2.75, 3.05) is 26.2 Å². The Morgan fingerprint density at radius 2 is 1.64 bits per heavy atom. The summed E-state index contributed by atoms with van der Waals surface area (Å²) in [6, 6.07) is 7.17. The average Bonchev–Trinajstić information content (AvgIpc) is 3.22. The van der Waals surface area contributed by atoms with Crippen LogP contribution in [0.1, 0.15) is 72.2 Å². The van der Waals surface area contributed by atoms with Gasteiger partial charge >= 0.3 is 0 Å². The van der Waals surface area contributed by atoms with Crippen LogP contribution in [0.2, 0.25) is 0 Å². The van der Waals surface area contributed by atoms with Crippen molar-refractivity contribution < 1.29 is 4.79 Å². The lowest BCUT2D eigenvalue weighted by molar-refractivity contribution is -0.133. The van der Waals surface area contributed by atoms with Gasteiger partial charge in [-0.1, -0.05) is 25.3 Å². The lowest BCUT2D eigenvalue weighted by Crippen LogP contribution is -2.52. The Kier molecular flexibility index (Phi) is 7.16. The molecular formula is C30H41N5O. The maximum absolute atomic E-state index is 13.1. The molecule has 1 saturated heterocycles. The molecule has 2 aromatic heterocycles. The maximum atomic E-state index is 13.1. The third-order valence-corrected chi connectivity index (χ3v) is 8.66. The first-order valence-electron chi connectivity index (χ1n) is 13.8. The van der Waals surface area contributed by atoms with Crippen LogP contribution in [0.4, 0.5) is 0 Å². The quantitative estimate of drug-likeness (QED) is 0.485. The van der Waals surface area contributed by atoms with Crippen molar-refractivity contribution in [3.8, 4) is 5.69 Å². The molecule has 0 radical (unpaired) electrons. The summed E-state index contributed by atoms with van der Waals surface area (Å²) in [6.07, 6.45) is 8.07. The van der Waals surface area contributed by atoms with Crippen molar-refractivity contribution >= 4 is 16.9 Å². The second-order valence-corrected chi connectivity index (χ2v) is 11.0. The van der Waals surface area contributed by atoms with Crippen molar-refractivity contribution in [2.24, 2.45) is 0 Å². The van der Waals surface area contributed by atoms with E-state index in [1.54, 1.807) is 0 Å². The number of rotatable bonds is 5. The third-order valence-electron chi connectivity index (χ3n) is 8.66. The first-order valence-corrected chi connectivity index (χ1v) is 13.8. The number of piperazine rings is 1. The van der Waals surface area contributed by atoms with Gasteiger partial charge in [0.1, 0.15) is 0 Å². The van der Waals surface area contributed by atoms with Gasteiger partial charge in [-0.25, -0.2) is 9.67 Å². The summed E-state index contributed by atoms with van der Waals surface area (Å²) < 4.78 is 1.97. The molecule has 0 bridgehead atoms. The maximum Gasteiger partial charge on any atom is 0.222 e. The summed E-state index contributed by atoms with van der Waals surface area (Å²) in [5, 5.41) is 5.98. The van der Waals surface area contributed by atoms with Crippen LogP contribution in [0.5, 0.6) is 0 Å². The molecule has 192 valence electrons. The zero-order chi connectivity index (χ0) is 25.4. The highest BCUT2D eigenvalue weighted by Gasteiger charge is 2.27. The highest BCUT2D eigenvalue weighted by atomic mass is 16.2. The van der Waals surface area contributed by atoms with Crippen LogP contribution in [0.25, 0.3) is 16.7 Å². The third kappa shape index (κ3) is 4.80. The molecule has 36 heavy (non-hydrogen) atoms. The van der Waals surface area contributed by atoms with Crippen molar-refractivity contribution in [1.82, 2.24) is 24.6 Å². The molecule has 1 aliphatic carbocycles. The smallest absolute Gasteiger partial charge is 0.222 e. The number of nitrogens with zero attached hydrogens (tertiary/aromatic N) is 5. The Morgan fingerprint density at radius 1 is 0.917 bits per heavy atom. The molecule has 1 amide bonds. The van der Waals surface area contributed by atoms with Crippen LogP contribution in [0, 0.1) is 34.6 Å². The van der Waals surface area contributed by atoms with Gasteiger partial charge in [0, 0.05) is 49.7 Å². The predicted octanol–water partition coefficient (Wildman–Crippen LogP) is 5.37. The SMILES string of the molecule is Cc1ccc(-n2nc(C)c3c(C)c(CCC(=O)N4CCN(C5CCCCC5)CC4)c(C)nc32)cc1C. The minimum absolute atomic E-state index is 0.278. The van der Waals surface area contributed by atoms with Crippen LogP contribution in [-0.4, -0.2) is 62.7 Å². The fourth-order valence-electron chi connectivity index (χ4n) is 6.28. The molecule has 2 aliphatic rings. The normalized spacial score (nSPS) is 17.8. The van der Waals surface area contributed by atoms with Crippen molar-refractivity contribution in [2.45, 2.75) is 85.6 Å². The standard InChI is InChI=1S/C30H41N5O/c1-20-11-12-26(19-21(20)2)35-30-29(24(5)32-35)22(3)27(23(4)31-30)13-14-28(36)34-17-15-33(16-18-34)25-9-7-6-8-10-25/h11-12,19,25H,6-10,13-18H2,1-5H3. The highest BCUT2D eigenvalue weighted by molar-refractivity contribution is 5.85. The summed E-state index contributed by atoms with van der Waals surface area (Å²) >= 11 is 0. The van der Waals surface area contributed by atoms with E-state index in [0.29, 0.717) is 6.42 Å². The number of hydrogen-bond donors (Lipinski definition) is 0. The van der Waals surface area contributed by atoms with Gasteiger partial charge < -0.3 is 4.90 Å². The summed E-state index contributed by atoms with van der Waals surface area (Å²) in [7, 11) is 0. The lowest BCUT2D eigenvalue weighted by atomic mass is 9.94. The summed E-state index contributed by atoms with van der Waals surface area (Å²) in [5.41, 5.74) is 8.85. The van der Waals surface area contributed by atoms with Gasteiger partial charge in [-0.2, -0.15) is 5.10 Å². The number of amides is 1. The van der Waals surface area contributed by atoms with Gasteiger partial charge in [-0.15, -0.1) is 0 Å². The molecule has 3 aromatic rings. The molecule has 5 rings (SSSR count). The van der Waals surface area contributed by atoms with E-state index in [4.69, 9.17) is 10.1 Å². The Labute approximate surface area is 215 Å². The molecule has 0 N–H and O–H groups in total. The minimum atomic E-state index is 0.278. The molecule has 2 fully saturated rings. The molecule has 3 heterocycles. The highest BCUT2D eigenvalue weighted by Crippen LogP contribution is 2.29. The second-order valence-electron chi connectivity index (χ2n) is 11.0. The molecule has 1 saturated carbocycles. The van der Waals surface area contributed by atoms with Crippen molar-refractivity contribution in [3.05, 3.63) is 51.8 Å². The average molecular weight is 488 g/mol. The van der Waals surface area contributed by atoms with E-state index in [9.17, 15) is 4.79 Å². The van der Waals surface area contributed by atoms with Gasteiger partial charge in [0.15, 0.2) is 5.65 Å². The van der Waals surface area contributed by atoms with Crippen molar-refractivity contribution in [1.29, 1.82) is 0 Å². The molecule has 0 spiro atoms. The number of aryl methyl sites for hydroxylation is 5. The fourth-order valence-corrected chi connectivity index (χ4v) is 6.28. The van der Waals surface area contributed by atoms with Gasteiger partial charge in [0.2, 0.25) is 5.91 Å². The topological polar surface area (TPSA) is 54.3 Å². The van der Waals surface area contributed by atoms with Crippen LogP contribution in [0.15, 0.2) is 18.2 Å². The summed E-state index contributed by atoms with van der Waals surface area (Å²) in [6.45, 7) is 14.3. The van der Waals surface area contributed by atoms with E-state index < -0.39 is 0 Å². The number of pyridine rings is 1. The molecular weight excluding hydrogens is 446 g/mol. The Balaban J connectivity index is 1.29. The predicted molar refractivity (Wildman–Crippen MR) is 146 cm³/mol. The Hall–Kier alpha value is -2.73. The summed E-state index contributed by atoms with van der Waals surface area (Å²) in [5.74, 6) is 0.278. The molecule has 6 nitrogen and oxygen atoms in total. The number of carbonyl (C=O) groups excluding carboxylic acids is 1. The molecule has 1 aromatic carbocycles. The minimum Gasteiger partial charge on any atom is -0.340 e. The summed E-state index contributed by atoms with van der Waals surface area (Å²) in [4.78, 5) is 22.8. The van der Waals surface area contributed by atoms with E-state index in [2.05, 4.69) is 62.6 Å². The van der Waals surface area contributed by atoms with E-state index >= 15 is 0 Å². The Bertz CT molecular complexity index is 1260. The van der Waals surface area contributed by atoms with Crippen LogP contribution in [-0.2, 0) is 11.2 Å². The number of carbonyl (C=O) groups is 1. The first-order chi connectivity index (χ1) is 17.3. The van der Waals surface area contributed by atoms with Gasteiger partial charge in [-0.05, 0) is 88.3 Å². The largest absolute Gasteiger partial charge is 0.340 e. The molecule has 0 atom stereocenters. The van der Waals surface area contributed by atoms with E-state index in [1.807, 2.05) is 4.68 Å². The molecule has 0 unspecified atom stereocenters. The number of hydrogen-bond acceptors (Lipinski definition) is 4. The number of fused-ring (bicyclic) bond motifs is 1. The van der Waals surface area contributed by atoms with Crippen LogP contribution >= 0.6 is 0 Å². The zero-order valence-electron chi connectivity index (χ0n) is 22.7. The van der Waals surface area contributed by atoms with E-state index in [-0.39, 0.29) is 5.91 Å². The zero-order valence-corrected chi connectivity index (χ0v) is 22.7. The molecule has 1 aliphatic heterocycles. The van der Waals surface area contributed by atoms with Crippen LogP contribution in [0.3, 0.4) is 0 Å². The number of benzene rings is 1. The monoisotopic (exact) mass is 487 g/mol. The number of aromatic nitrogens is 3. The Morgan fingerprint density at radius 3 is 2.33 bits per heavy atom. The second kappa shape index (κ2) is 10.3. The van der Waals surface area contributed by atoms with Crippen molar-refractivity contribution in [3.63, 3.8) is 0 Å².